The van der Waals surface area contributed by atoms with E-state index in [4.69, 9.17) is 10.5 Å². The van der Waals surface area contributed by atoms with Gasteiger partial charge in [0.05, 0.1) is 0 Å². The van der Waals surface area contributed by atoms with Crippen LogP contribution in [0.15, 0.2) is 44.7 Å². The lowest BCUT2D eigenvalue weighted by molar-refractivity contribution is 0.1000. The number of fused-ring (bicyclic) bond motifs is 1. The molecule has 3 heterocycles. The molecule has 0 atom stereocenters. The number of carbonyl (C=O) groups excluding carboxylic acids is 1. The van der Waals surface area contributed by atoms with Crippen LogP contribution in [0.1, 0.15) is 83.3 Å². The average Bonchev–Trinajstić information content (AvgIpc) is 3.74. The van der Waals surface area contributed by atoms with E-state index in [9.17, 15) is 19.2 Å². The molecule has 0 bridgehead atoms. The van der Waals surface area contributed by atoms with Gasteiger partial charge in [-0.3, -0.25) is 24.2 Å². The van der Waals surface area contributed by atoms with E-state index in [1.165, 1.54) is 29.7 Å². The molecule has 2 aromatic carbocycles. The third-order valence-corrected chi connectivity index (χ3v) is 9.26. The van der Waals surface area contributed by atoms with Gasteiger partial charge in [-0.25, -0.2) is 5.10 Å². The largest absolute Gasteiger partial charge is 0.489 e. The second-order valence-electron chi connectivity index (χ2n) is 11.9. The summed E-state index contributed by atoms with van der Waals surface area (Å²) in [7, 11) is 0. The second kappa shape index (κ2) is 15.3. The van der Waals surface area contributed by atoms with Gasteiger partial charge in [0.15, 0.2) is 0 Å². The number of aryl methyl sites for hydroxylation is 3. The Labute approximate surface area is 272 Å². The zero-order chi connectivity index (χ0) is 32.6. The van der Waals surface area contributed by atoms with Crippen molar-refractivity contribution in [2.75, 3.05) is 36.0 Å². The number of nitrogens with two attached hydrogens (primary N) is 1. The number of hydrogen-bond acceptors (Lipinski definition) is 10. The maximum atomic E-state index is 12.1. The quantitative estimate of drug-likeness (QED) is 0.219. The molecule has 1 aliphatic heterocycles. The summed E-state index contributed by atoms with van der Waals surface area (Å²) in [6.45, 7) is 7.78. The Morgan fingerprint density at radius 1 is 1.04 bits per heavy atom. The van der Waals surface area contributed by atoms with Gasteiger partial charge < -0.3 is 20.3 Å². The Balaban J connectivity index is 0.000000182. The molecule has 1 saturated heterocycles. The van der Waals surface area contributed by atoms with Gasteiger partial charge in [-0.05, 0) is 99.7 Å². The highest BCUT2D eigenvalue weighted by Crippen LogP contribution is 2.28. The third-order valence-electron chi connectivity index (χ3n) is 8.45. The average molecular weight is 647 g/mol. The lowest BCUT2D eigenvalue weighted by Crippen LogP contribution is -2.46. The summed E-state index contributed by atoms with van der Waals surface area (Å²) >= 11 is 1.12. The Hall–Kier alpha value is -4.32. The summed E-state index contributed by atoms with van der Waals surface area (Å²) in [5.74, 6) is 0.314. The standard InChI is InChI=1S/C18H20N2O2.C16H22N4O3S/c1-12-10-14(16-4-2-3-5-17(16)20-12)11-22-15-8-6-13(7-9-15)18(19)21;1-2-7-19(10-5-6-11-17-18-16(23)24-11)12-13(15(22)14(12)21)20-8-3-4-9-20/h6-10H,2-5,11H2,1H3,(H2,19,21);2-10H2,1H3,(H,18,23). The van der Waals surface area contributed by atoms with Gasteiger partial charge in [-0.2, -0.15) is 5.10 Å². The predicted molar refractivity (Wildman–Crippen MR) is 181 cm³/mol. The van der Waals surface area contributed by atoms with Crippen molar-refractivity contribution in [3.63, 3.8) is 0 Å². The smallest absolute Gasteiger partial charge is 0.322 e. The van der Waals surface area contributed by atoms with Crippen LogP contribution in [0.5, 0.6) is 5.75 Å². The number of nitrogens with one attached hydrogen (secondary N) is 1. The second-order valence-corrected chi connectivity index (χ2v) is 12.9. The van der Waals surface area contributed by atoms with Crippen molar-refractivity contribution in [1.82, 2.24) is 15.2 Å². The first-order valence-corrected chi connectivity index (χ1v) is 16.9. The zero-order valence-electron chi connectivity index (χ0n) is 26.6. The number of primary amides is 1. The first-order chi connectivity index (χ1) is 22.2. The van der Waals surface area contributed by atoms with Crippen LogP contribution in [0.3, 0.4) is 0 Å². The molecule has 1 amide bonds. The van der Waals surface area contributed by atoms with Gasteiger partial charge in [-0.15, -0.1) is 0 Å². The van der Waals surface area contributed by atoms with E-state index in [1.807, 2.05) is 11.8 Å². The number of pyridine rings is 1. The number of nitrogens with zero attached hydrogens (tertiary/aromatic N) is 4. The number of aromatic amines is 1. The minimum atomic E-state index is -0.426. The summed E-state index contributed by atoms with van der Waals surface area (Å²) < 4.78 is 5.87. The summed E-state index contributed by atoms with van der Waals surface area (Å²) in [4.78, 5) is 55.0. The van der Waals surface area contributed by atoms with Crippen LogP contribution >= 0.6 is 11.3 Å². The van der Waals surface area contributed by atoms with E-state index in [2.05, 4.69) is 33.1 Å². The molecule has 11 nitrogen and oxygen atoms in total. The number of amides is 1. The first kappa shape index (κ1) is 33.1. The Kier molecular flexibility index (Phi) is 11.0. The minimum Gasteiger partial charge on any atom is -0.489 e. The number of H-pyrrole nitrogens is 1. The molecule has 1 fully saturated rings. The lowest BCUT2D eigenvalue weighted by atomic mass is 9.92. The topological polar surface area (TPSA) is 152 Å². The molecule has 0 saturated carbocycles. The number of aromatic nitrogens is 3. The summed E-state index contributed by atoms with van der Waals surface area (Å²) in [5, 5.41) is 7.16. The molecule has 2 aliphatic rings. The number of hydrogen-bond donors (Lipinski definition) is 2. The van der Waals surface area contributed by atoms with Crippen LogP contribution in [0.25, 0.3) is 0 Å². The summed E-state index contributed by atoms with van der Waals surface area (Å²) in [5.41, 5.74) is 11.1. The molecule has 0 unspecified atom stereocenters. The Morgan fingerprint density at radius 3 is 2.46 bits per heavy atom. The maximum Gasteiger partial charge on any atom is 0.322 e. The molecule has 3 N–H and O–H groups in total. The van der Waals surface area contributed by atoms with E-state index < -0.39 is 5.91 Å². The molecule has 1 aliphatic carbocycles. The van der Waals surface area contributed by atoms with Crippen LogP contribution in [0.4, 0.5) is 11.4 Å². The summed E-state index contributed by atoms with van der Waals surface area (Å²) in [6, 6.07) is 9.04. The highest BCUT2D eigenvalue weighted by Gasteiger charge is 2.30. The van der Waals surface area contributed by atoms with Crippen molar-refractivity contribution in [2.45, 2.75) is 78.2 Å². The van der Waals surface area contributed by atoms with Gasteiger partial charge in [-0.1, -0.05) is 18.3 Å². The van der Waals surface area contributed by atoms with Crippen molar-refractivity contribution in [1.29, 1.82) is 0 Å². The van der Waals surface area contributed by atoms with E-state index in [0.717, 1.165) is 85.9 Å². The predicted octanol–water partition coefficient (Wildman–Crippen LogP) is 3.82. The molecule has 0 spiro atoms. The molecule has 6 rings (SSSR count). The molecule has 2 aromatic heterocycles. The molecule has 0 radical (unpaired) electrons. The van der Waals surface area contributed by atoms with Gasteiger partial charge in [0.25, 0.3) is 10.9 Å². The third kappa shape index (κ3) is 7.90. The number of ether oxygens (including phenoxy) is 1. The molecule has 244 valence electrons. The SMILES string of the molecule is CCCN(CCCc1n[nH]c(=O)s1)c1c(N2CCCC2)c(=O)c1=O.Cc1cc(COc2ccc(C(N)=O)cc2)c2c(n1)CCCC2. The number of anilines is 2. The fourth-order valence-electron chi connectivity index (χ4n) is 6.24. The van der Waals surface area contributed by atoms with E-state index in [-0.39, 0.29) is 15.7 Å². The van der Waals surface area contributed by atoms with Crippen LogP contribution in [0.2, 0.25) is 0 Å². The lowest BCUT2D eigenvalue weighted by Gasteiger charge is -2.30. The van der Waals surface area contributed by atoms with Crippen LogP contribution in [0, 0.1) is 6.92 Å². The highest BCUT2D eigenvalue weighted by molar-refractivity contribution is 7.08. The van der Waals surface area contributed by atoms with Crippen LogP contribution in [-0.4, -0.2) is 47.3 Å². The molecular formula is C34H42N6O5S. The maximum absolute atomic E-state index is 12.1. The summed E-state index contributed by atoms with van der Waals surface area (Å²) in [6.07, 6.45) is 9.13. The van der Waals surface area contributed by atoms with E-state index >= 15 is 0 Å². The Morgan fingerprint density at radius 2 is 1.78 bits per heavy atom. The first-order valence-electron chi connectivity index (χ1n) is 16.1. The Bertz CT molecular complexity index is 1770. The molecular weight excluding hydrogens is 604 g/mol. The van der Waals surface area contributed by atoms with Crippen molar-refractivity contribution in [3.05, 3.63) is 93.5 Å². The fourth-order valence-corrected chi connectivity index (χ4v) is 6.88. The van der Waals surface area contributed by atoms with Gasteiger partial charge in [0, 0.05) is 49.6 Å². The minimum absolute atomic E-state index is 0.144. The van der Waals surface area contributed by atoms with Crippen molar-refractivity contribution < 1.29 is 9.53 Å². The number of rotatable bonds is 12. The van der Waals surface area contributed by atoms with Gasteiger partial charge in [0.2, 0.25) is 5.91 Å². The van der Waals surface area contributed by atoms with E-state index in [1.54, 1.807) is 24.3 Å². The number of carbonyl (C=O) groups is 1. The van der Waals surface area contributed by atoms with Crippen molar-refractivity contribution >= 4 is 28.6 Å². The monoisotopic (exact) mass is 646 g/mol. The molecule has 46 heavy (non-hydrogen) atoms. The number of benzene rings is 1. The van der Waals surface area contributed by atoms with Crippen LogP contribution in [-0.2, 0) is 25.9 Å². The van der Waals surface area contributed by atoms with Crippen molar-refractivity contribution in [3.8, 4) is 5.75 Å². The van der Waals surface area contributed by atoms with Gasteiger partial charge in [0.1, 0.15) is 28.7 Å². The fraction of sp³-hybridized carbons (Fsp3) is 0.471. The van der Waals surface area contributed by atoms with Crippen LogP contribution < -0.4 is 36.0 Å². The van der Waals surface area contributed by atoms with E-state index in [0.29, 0.717) is 36.5 Å². The van der Waals surface area contributed by atoms with Gasteiger partial charge >= 0.3 is 4.87 Å². The normalized spacial score (nSPS) is 14.1. The molecule has 4 aromatic rings. The molecule has 12 heteroatoms. The highest BCUT2D eigenvalue weighted by atomic mass is 32.1. The van der Waals surface area contributed by atoms with Crippen molar-refractivity contribution in [2.24, 2.45) is 5.73 Å². The zero-order valence-corrected chi connectivity index (χ0v) is 27.4.